The number of carbonyl (C=O) groups is 1. The third kappa shape index (κ3) is 1.62. The molecule has 0 aliphatic heterocycles. The van der Waals surface area contributed by atoms with Gasteiger partial charge in [-0.3, -0.25) is 0 Å². The molecule has 0 N–H and O–H groups in total. The molecule has 16 heavy (non-hydrogen) atoms. The zero-order valence-corrected chi connectivity index (χ0v) is 9.15. The van der Waals surface area contributed by atoms with Crippen LogP contribution in [0, 0.1) is 0 Å². The van der Waals surface area contributed by atoms with Gasteiger partial charge in [0.05, 0.1) is 13.7 Å². The van der Waals surface area contributed by atoms with Crippen molar-refractivity contribution < 1.29 is 18.7 Å². The van der Waals surface area contributed by atoms with E-state index in [-0.39, 0.29) is 0 Å². The molecule has 1 aromatic heterocycles. The molecule has 0 radical (unpaired) electrons. The molecule has 84 valence electrons. The number of hydrogen-bond donors (Lipinski definition) is 0. The minimum absolute atomic E-state index is 0.410. The van der Waals surface area contributed by atoms with Crippen LogP contribution < -0.4 is 4.74 Å². The summed E-state index contributed by atoms with van der Waals surface area (Å²) in [6.45, 7) is 2.44. The SMILES string of the molecule is CCOc1cccc2c(C(=O)OC)coc12. The average molecular weight is 220 g/mol. The van der Waals surface area contributed by atoms with Crippen molar-refractivity contribution in [3.8, 4) is 5.75 Å². The van der Waals surface area contributed by atoms with E-state index in [0.29, 0.717) is 28.9 Å². The average Bonchev–Trinajstić information content (AvgIpc) is 2.73. The Balaban J connectivity index is 2.56. The van der Waals surface area contributed by atoms with Gasteiger partial charge < -0.3 is 13.9 Å². The lowest BCUT2D eigenvalue weighted by Crippen LogP contribution is -1.99. The number of carbonyl (C=O) groups excluding carboxylic acids is 1. The van der Waals surface area contributed by atoms with Crippen LogP contribution in [0.3, 0.4) is 0 Å². The van der Waals surface area contributed by atoms with Crippen molar-refractivity contribution >= 4 is 16.9 Å². The van der Waals surface area contributed by atoms with Crippen LogP contribution in [-0.4, -0.2) is 19.7 Å². The Labute approximate surface area is 92.8 Å². The van der Waals surface area contributed by atoms with Gasteiger partial charge >= 0.3 is 5.97 Å². The maximum absolute atomic E-state index is 11.4. The van der Waals surface area contributed by atoms with Crippen LogP contribution in [0.1, 0.15) is 17.3 Å². The zero-order valence-electron chi connectivity index (χ0n) is 9.15. The molecule has 0 unspecified atom stereocenters. The zero-order chi connectivity index (χ0) is 11.5. The maximum Gasteiger partial charge on any atom is 0.341 e. The minimum Gasteiger partial charge on any atom is -0.490 e. The number of fused-ring (bicyclic) bond motifs is 1. The standard InChI is InChI=1S/C12H12O4/c1-3-15-10-6-4-5-8-9(12(13)14-2)7-16-11(8)10/h4-7H,3H2,1-2H3. The molecular weight excluding hydrogens is 208 g/mol. The minimum atomic E-state index is -0.410. The van der Waals surface area contributed by atoms with Gasteiger partial charge in [-0.2, -0.15) is 0 Å². The molecule has 2 rings (SSSR count). The molecule has 0 saturated heterocycles. The van der Waals surface area contributed by atoms with Crippen molar-refractivity contribution in [2.45, 2.75) is 6.92 Å². The number of esters is 1. The van der Waals surface area contributed by atoms with Gasteiger partial charge in [0.15, 0.2) is 11.3 Å². The predicted molar refractivity (Wildman–Crippen MR) is 58.7 cm³/mol. The van der Waals surface area contributed by atoms with Crippen molar-refractivity contribution in [2.24, 2.45) is 0 Å². The second-order valence-electron chi connectivity index (χ2n) is 3.21. The summed E-state index contributed by atoms with van der Waals surface area (Å²) < 4.78 is 15.4. The maximum atomic E-state index is 11.4. The predicted octanol–water partition coefficient (Wildman–Crippen LogP) is 2.62. The van der Waals surface area contributed by atoms with E-state index in [4.69, 9.17) is 9.15 Å². The number of benzene rings is 1. The lowest BCUT2D eigenvalue weighted by Gasteiger charge is -2.02. The summed E-state index contributed by atoms with van der Waals surface area (Å²) in [5.74, 6) is 0.225. The Bertz CT molecular complexity index is 513. The van der Waals surface area contributed by atoms with Crippen LogP contribution in [0.4, 0.5) is 0 Å². The molecule has 0 bridgehead atoms. The van der Waals surface area contributed by atoms with Crippen LogP contribution in [0.15, 0.2) is 28.9 Å². The van der Waals surface area contributed by atoms with Crippen LogP contribution >= 0.6 is 0 Å². The summed E-state index contributed by atoms with van der Waals surface area (Å²) in [7, 11) is 1.34. The molecule has 1 heterocycles. The lowest BCUT2D eigenvalue weighted by molar-refractivity contribution is 0.0602. The van der Waals surface area contributed by atoms with Crippen molar-refractivity contribution in [1.82, 2.24) is 0 Å². The van der Waals surface area contributed by atoms with Gasteiger partial charge in [-0.15, -0.1) is 0 Å². The van der Waals surface area contributed by atoms with Gasteiger partial charge in [-0.1, -0.05) is 6.07 Å². The molecule has 0 atom stereocenters. The number of methoxy groups -OCH3 is 1. The number of rotatable bonds is 3. The number of hydrogen-bond acceptors (Lipinski definition) is 4. The first-order valence-electron chi connectivity index (χ1n) is 4.99. The normalized spacial score (nSPS) is 10.4. The summed E-state index contributed by atoms with van der Waals surface area (Å²) >= 11 is 0. The molecular formula is C12H12O4. The highest BCUT2D eigenvalue weighted by atomic mass is 16.5. The molecule has 0 aliphatic carbocycles. The van der Waals surface area contributed by atoms with Crippen molar-refractivity contribution in [2.75, 3.05) is 13.7 Å². The van der Waals surface area contributed by atoms with Crippen molar-refractivity contribution in [3.05, 3.63) is 30.0 Å². The van der Waals surface area contributed by atoms with E-state index in [9.17, 15) is 4.79 Å². The van der Waals surface area contributed by atoms with Gasteiger partial charge in [0.25, 0.3) is 0 Å². The highest BCUT2D eigenvalue weighted by Gasteiger charge is 2.16. The summed E-state index contributed by atoms with van der Waals surface area (Å²) in [6.07, 6.45) is 1.39. The molecule has 0 fully saturated rings. The first-order chi connectivity index (χ1) is 7.77. The smallest absolute Gasteiger partial charge is 0.341 e. The van der Waals surface area contributed by atoms with Crippen LogP contribution in [0.25, 0.3) is 11.0 Å². The van der Waals surface area contributed by atoms with Crippen molar-refractivity contribution in [3.63, 3.8) is 0 Å². The van der Waals surface area contributed by atoms with Crippen LogP contribution in [0.2, 0.25) is 0 Å². The van der Waals surface area contributed by atoms with E-state index >= 15 is 0 Å². The lowest BCUT2D eigenvalue weighted by atomic mass is 10.1. The quantitative estimate of drug-likeness (QED) is 0.746. The van der Waals surface area contributed by atoms with Crippen LogP contribution in [-0.2, 0) is 4.74 Å². The molecule has 4 heteroatoms. The summed E-state index contributed by atoms with van der Waals surface area (Å²) in [5.41, 5.74) is 0.990. The third-order valence-electron chi connectivity index (χ3n) is 2.27. The number of ether oxygens (including phenoxy) is 2. The summed E-state index contributed by atoms with van der Waals surface area (Å²) in [6, 6.07) is 5.42. The third-order valence-corrected chi connectivity index (χ3v) is 2.27. The van der Waals surface area contributed by atoms with Gasteiger partial charge in [0.2, 0.25) is 0 Å². The fourth-order valence-corrected chi connectivity index (χ4v) is 1.57. The fourth-order valence-electron chi connectivity index (χ4n) is 1.57. The van der Waals surface area contributed by atoms with E-state index < -0.39 is 5.97 Å². The molecule has 0 saturated carbocycles. The number of furan rings is 1. The van der Waals surface area contributed by atoms with Crippen molar-refractivity contribution in [1.29, 1.82) is 0 Å². The Morgan fingerprint density at radius 2 is 2.25 bits per heavy atom. The Morgan fingerprint density at radius 3 is 2.94 bits per heavy atom. The second-order valence-corrected chi connectivity index (χ2v) is 3.21. The van der Waals surface area contributed by atoms with Gasteiger partial charge in [-0.25, -0.2) is 4.79 Å². The summed E-state index contributed by atoms with van der Waals surface area (Å²) in [4.78, 5) is 11.4. The molecule has 4 nitrogen and oxygen atoms in total. The largest absolute Gasteiger partial charge is 0.490 e. The molecule has 0 aliphatic rings. The topological polar surface area (TPSA) is 48.7 Å². The van der Waals surface area contributed by atoms with Gasteiger partial charge in [-0.05, 0) is 19.1 Å². The Morgan fingerprint density at radius 1 is 1.44 bits per heavy atom. The first-order valence-corrected chi connectivity index (χ1v) is 4.99. The number of para-hydroxylation sites is 1. The van der Waals surface area contributed by atoms with E-state index in [1.165, 1.54) is 13.4 Å². The van der Waals surface area contributed by atoms with E-state index in [0.717, 1.165) is 0 Å². The Hall–Kier alpha value is -1.97. The molecule has 1 aromatic carbocycles. The van der Waals surface area contributed by atoms with E-state index in [1.807, 2.05) is 13.0 Å². The molecule has 0 spiro atoms. The Kier molecular flexibility index (Phi) is 2.81. The van der Waals surface area contributed by atoms with Gasteiger partial charge in [0, 0.05) is 5.39 Å². The highest BCUT2D eigenvalue weighted by molar-refractivity contribution is 6.04. The fraction of sp³-hybridized carbons (Fsp3) is 0.250. The monoisotopic (exact) mass is 220 g/mol. The highest BCUT2D eigenvalue weighted by Crippen LogP contribution is 2.29. The molecule has 2 aromatic rings. The van der Waals surface area contributed by atoms with Gasteiger partial charge in [0.1, 0.15) is 11.8 Å². The second kappa shape index (κ2) is 4.26. The molecule has 0 amide bonds. The summed E-state index contributed by atoms with van der Waals surface area (Å²) in [5, 5.41) is 0.706. The van der Waals surface area contributed by atoms with E-state index in [2.05, 4.69) is 4.74 Å². The van der Waals surface area contributed by atoms with E-state index in [1.54, 1.807) is 12.1 Å². The first kappa shape index (κ1) is 10.5. The van der Waals surface area contributed by atoms with Crippen LogP contribution in [0.5, 0.6) is 5.75 Å².